The lowest BCUT2D eigenvalue weighted by atomic mass is 9.83. The van der Waals surface area contributed by atoms with E-state index in [1.807, 2.05) is 54.6 Å². The van der Waals surface area contributed by atoms with Crippen molar-refractivity contribution >= 4 is 18.0 Å². The molecule has 2 rings (SSSR count). The fourth-order valence-corrected chi connectivity index (χ4v) is 3.02. The molecule has 0 fully saturated rings. The number of esters is 2. The molecule has 0 bridgehead atoms. The number of rotatable bonds is 6. The minimum absolute atomic E-state index is 0.0662. The minimum Gasteiger partial charge on any atom is -0.421 e. The van der Waals surface area contributed by atoms with Gasteiger partial charge >= 0.3 is 11.9 Å². The number of benzene rings is 2. The van der Waals surface area contributed by atoms with Crippen LogP contribution in [0.25, 0.3) is 6.08 Å². The zero-order valence-electron chi connectivity index (χ0n) is 17.2. The Balaban J connectivity index is 2.55. The quantitative estimate of drug-likeness (QED) is 0.519. The van der Waals surface area contributed by atoms with Gasteiger partial charge in [-0.15, -0.1) is 0 Å². The fourth-order valence-electron chi connectivity index (χ4n) is 3.02. The number of carbonyl (C=O) groups is 2. The van der Waals surface area contributed by atoms with E-state index in [0.717, 1.165) is 16.7 Å². The molecule has 0 saturated carbocycles. The van der Waals surface area contributed by atoms with Gasteiger partial charge in [-0.25, -0.2) is 0 Å². The van der Waals surface area contributed by atoms with Crippen molar-refractivity contribution in [2.24, 2.45) is 0 Å². The predicted molar refractivity (Wildman–Crippen MR) is 111 cm³/mol. The van der Waals surface area contributed by atoms with Gasteiger partial charge in [0.05, 0.1) is 0 Å². The summed E-state index contributed by atoms with van der Waals surface area (Å²) in [5.74, 6) is -1.01. The minimum atomic E-state index is -1.07. The van der Waals surface area contributed by atoms with Crippen LogP contribution >= 0.6 is 0 Å². The highest BCUT2D eigenvalue weighted by molar-refractivity contribution is 5.70. The van der Waals surface area contributed by atoms with Gasteiger partial charge in [0.1, 0.15) is 0 Å². The average molecular weight is 380 g/mol. The Morgan fingerprint density at radius 1 is 0.893 bits per heavy atom. The number of hydrogen-bond donors (Lipinski definition) is 0. The molecule has 0 saturated heterocycles. The summed E-state index contributed by atoms with van der Waals surface area (Å²) >= 11 is 0. The van der Waals surface area contributed by atoms with Gasteiger partial charge in [0.15, 0.2) is 0 Å². The third-order valence-corrected chi connectivity index (χ3v) is 4.21. The first-order chi connectivity index (χ1) is 13.2. The van der Waals surface area contributed by atoms with Gasteiger partial charge in [-0.3, -0.25) is 9.59 Å². The van der Waals surface area contributed by atoms with Gasteiger partial charge < -0.3 is 9.47 Å². The van der Waals surface area contributed by atoms with Crippen molar-refractivity contribution in [2.45, 2.75) is 52.7 Å². The predicted octanol–water partition coefficient (Wildman–Crippen LogP) is 5.06. The number of hydrogen-bond acceptors (Lipinski definition) is 4. The maximum absolute atomic E-state index is 11.6. The normalized spacial score (nSPS) is 12.0. The van der Waals surface area contributed by atoms with Crippen LogP contribution in [0.15, 0.2) is 60.2 Å². The van der Waals surface area contributed by atoms with E-state index >= 15 is 0 Å². The fraction of sp³-hybridized carbons (Fsp3) is 0.333. The second-order valence-corrected chi connectivity index (χ2v) is 7.77. The Labute approximate surface area is 167 Å². The van der Waals surface area contributed by atoms with Crippen LogP contribution in [0.3, 0.4) is 0 Å². The van der Waals surface area contributed by atoms with E-state index in [0.29, 0.717) is 12.0 Å². The van der Waals surface area contributed by atoms with Crippen molar-refractivity contribution < 1.29 is 19.1 Å². The highest BCUT2D eigenvalue weighted by Gasteiger charge is 2.23. The van der Waals surface area contributed by atoms with Crippen LogP contribution in [0.5, 0.6) is 0 Å². The molecule has 0 atom stereocenters. The van der Waals surface area contributed by atoms with Gasteiger partial charge in [0, 0.05) is 25.8 Å². The third-order valence-electron chi connectivity index (χ3n) is 4.21. The molecule has 0 N–H and O–H groups in total. The molecular formula is C24H28O4. The second kappa shape index (κ2) is 9.36. The Bertz CT molecular complexity index is 828. The van der Waals surface area contributed by atoms with Crippen LogP contribution in [0.2, 0.25) is 0 Å². The highest BCUT2D eigenvalue weighted by atomic mass is 16.7. The third kappa shape index (κ3) is 6.38. The van der Waals surface area contributed by atoms with E-state index in [1.54, 1.807) is 0 Å². The highest BCUT2D eigenvalue weighted by Crippen LogP contribution is 2.29. The molecule has 0 amide bonds. The smallest absolute Gasteiger partial charge is 0.305 e. The van der Waals surface area contributed by atoms with E-state index in [9.17, 15) is 9.59 Å². The molecule has 4 nitrogen and oxygen atoms in total. The molecule has 0 aliphatic rings. The Hall–Kier alpha value is -2.88. The summed E-state index contributed by atoms with van der Waals surface area (Å²) in [5.41, 5.74) is 3.83. The van der Waals surface area contributed by atoms with Crippen molar-refractivity contribution in [2.75, 3.05) is 0 Å². The van der Waals surface area contributed by atoms with Gasteiger partial charge in [-0.05, 0) is 28.2 Å². The number of carbonyl (C=O) groups excluding carboxylic acids is 2. The first kappa shape index (κ1) is 21.4. The molecule has 0 heterocycles. The lowest BCUT2D eigenvalue weighted by Gasteiger charge is -2.24. The van der Waals surface area contributed by atoms with Crippen LogP contribution in [0.4, 0.5) is 0 Å². The zero-order chi connectivity index (χ0) is 20.7. The zero-order valence-corrected chi connectivity index (χ0v) is 17.2. The SMILES string of the molecule is CC(=O)OC(OC(C)=O)/C(=C/c1ccccc1C(C)(C)C)Cc1ccccc1. The van der Waals surface area contributed by atoms with Gasteiger partial charge in [-0.1, -0.05) is 75.4 Å². The van der Waals surface area contributed by atoms with Crippen molar-refractivity contribution in [1.29, 1.82) is 0 Å². The van der Waals surface area contributed by atoms with E-state index in [-0.39, 0.29) is 5.41 Å². The molecule has 0 aliphatic carbocycles. The van der Waals surface area contributed by atoms with E-state index in [2.05, 4.69) is 26.8 Å². The topological polar surface area (TPSA) is 52.6 Å². The van der Waals surface area contributed by atoms with Crippen LogP contribution in [0, 0.1) is 0 Å². The molecule has 2 aromatic carbocycles. The Morgan fingerprint density at radius 3 is 1.96 bits per heavy atom. The summed E-state index contributed by atoms with van der Waals surface area (Å²) in [5, 5.41) is 0. The largest absolute Gasteiger partial charge is 0.421 e. The molecule has 0 spiro atoms. The monoisotopic (exact) mass is 380 g/mol. The molecule has 4 heteroatoms. The summed E-state index contributed by atoms with van der Waals surface area (Å²) in [4.78, 5) is 23.3. The summed E-state index contributed by atoms with van der Waals surface area (Å²) in [7, 11) is 0. The van der Waals surface area contributed by atoms with Gasteiger partial charge in [0.25, 0.3) is 6.29 Å². The molecule has 0 aromatic heterocycles. The molecule has 28 heavy (non-hydrogen) atoms. The van der Waals surface area contributed by atoms with Crippen LogP contribution in [0.1, 0.15) is 51.3 Å². The van der Waals surface area contributed by atoms with Crippen LogP contribution in [-0.2, 0) is 30.9 Å². The van der Waals surface area contributed by atoms with Crippen LogP contribution < -0.4 is 0 Å². The van der Waals surface area contributed by atoms with Crippen molar-refractivity contribution in [3.63, 3.8) is 0 Å². The molecule has 2 aromatic rings. The van der Waals surface area contributed by atoms with E-state index < -0.39 is 18.2 Å². The molecule has 0 aliphatic heterocycles. The second-order valence-electron chi connectivity index (χ2n) is 7.77. The standard InChI is InChI=1S/C24H28O4/c1-17(25)27-23(28-18(2)26)21(15-19-11-7-6-8-12-19)16-20-13-9-10-14-22(20)24(3,4)5/h6-14,16,23H,15H2,1-5H3/b21-16+. The van der Waals surface area contributed by atoms with E-state index in [4.69, 9.17) is 9.47 Å². The van der Waals surface area contributed by atoms with Crippen molar-refractivity contribution in [3.05, 3.63) is 76.9 Å². The summed E-state index contributed by atoms with van der Waals surface area (Å²) < 4.78 is 10.7. The summed E-state index contributed by atoms with van der Waals surface area (Å²) in [6, 6.07) is 17.9. The number of ether oxygens (including phenoxy) is 2. The Morgan fingerprint density at radius 2 is 1.43 bits per heavy atom. The van der Waals surface area contributed by atoms with Crippen molar-refractivity contribution in [1.82, 2.24) is 0 Å². The maximum Gasteiger partial charge on any atom is 0.305 e. The average Bonchev–Trinajstić information content (AvgIpc) is 2.60. The van der Waals surface area contributed by atoms with E-state index in [1.165, 1.54) is 13.8 Å². The molecule has 0 radical (unpaired) electrons. The maximum atomic E-state index is 11.6. The van der Waals surface area contributed by atoms with Gasteiger partial charge in [0.2, 0.25) is 0 Å². The first-order valence-electron chi connectivity index (χ1n) is 9.35. The first-order valence-corrected chi connectivity index (χ1v) is 9.35. The molecule has 0 unspecified atom stereocenters. The van der Waals surface area contributed by atoms with Gasteiger partial charge in [-0.2, -0.15) is 0 Å². The lowest BCUT2D eigenvalue weighted by Crippen LogP contribution is -2.26. The summed E-state index contributed by atoms with van der Waals surface area (Å²) in [6.07, 6.45) is 1.39. The molecular weight excluding hydrogens is 352 g/mol. The molecule has 148 valence electrons. The van der Waals surface area contributed by atoms with Crippen molar-refractivity contribution in [3.8, 4) is 0 Å². The Kier molecular flexibility index (Phi) is 7.16. The summed E-state index contributed by atoms with van der Waals surface area (Å²) in [6.45, 7) is 9.05. The van der Waals surface area contributed by atoms with Crippen LogP contribution in [-0.4, -0.2) is 18.2 Å². The lowest BCUT2D eigenvalue weighted by molar-refractivity contribution is -0.178.